The van der Waals surface area contributed by atoms with Crippen molar-refractivity contribution in [3.8, 4) is 11.4 Å². The molecule has 1 N–H and O–H groups in total. The minimum Gasteiger partial charge on any atom is -0.338 e. The molecule has 3 rings (SSSR count). The summed E-state index contributed by atoms with van der Waals surface area (Å²) in [5.74, 6) is 0.862. The smallest absolute Gasteiger partial charge is 0.138 e. The van der Waals surface area contributed by atoms with Crippen molar-refractivity contribution in [1.29, 1.82) is 0 Å². The van der Waals surface area contributed by atoms with Gasteiger partial charge in [-0.3, -0.25) is 0 Å². The molecule has 2 aromatic carbocycles. The lowest BCUT2D eigenvalue weighted by atomic mass is 10.1. The average Bonchev–Trinajstić information content (AvgIpc) is 2.81. The molecule has 3 aromatic rings. The Morgan fingerprint density at radius 2 is 2.06 bits per heavy atom. The van der Waals surface area contributed by atoms with Gasteiger partial charge in [-0.15, -0.1) is 0 Å². The van der Waals surface area contributed by atoms with Crippen LogP contribution in [0.15, 0.2) is 42.5 Å². The third-order valence-corrected chi connectivity index (χ3v) is 3.29. The Balaban J connectivity index is 2.13. The summed E-state index contributed by atoms with van der Waals surface area (Å²) < 4.78 is 0. The molecule has 0 aliphatic heterocycles. The fourth-order valence-electron chi connectivity index (χ4n) is 2.05. The first kappa shape index (κ1) is 11.3. The van der Waals surface area contributed by atoms with E-state index >= 15 is 0 Å². The molecule has 0 atom stereocenters. The first-order valence-electron chi connectivity index (χ1n) is 6.01. The van der Waals surface area contributed by atoms with E-state index in [0.717, 1.165) is 33.9 Å². The topological polar surface area (TPSA) is 28.7 Å². The second-order valence-electron chi connectivity index (χ2n) is 4.30. The van der Waals surface area contributed by atoms with Gasteiger partial charge in [0.25, 0.3) is 0 Å². The van der Waals surface area contributed by atoms with Crippen molar-refractivity contribution in [1.82, 2.24) is 9.97 Å². The maximum Gasteiger partial charge on any atom is 0.138 e. The lowest BCUT2D eigenvalue weighted by Gasteiger charge is -1.96. The third kappa shape index (κ3) is 2.00. The molecular formula is C15H13ClN2. The van der Waals surface area contributed by atoms with Crippen LogP contribution in [0.1, 0.15) is 12.5 Å². The van der Waals surface area contributed by atoms with E-state index in [2.05, 4.69) is 35.1 Å². The van der Waals surface area contributed by atoms with E-state index in [1.807, 2.05) is 24.3 Å². The molecule has 0 aliphatic rings. The van der Waals surface area contributed by atoms with Crippen LogP contribution in [-0.2, 0) is 6.42 Å². The Morgan fingerprint density at radius 3 is 2.83 bits per heavy atom. The number of imidazole rings is 1. The summed E-state index contributed by atoms with van der Waals surface area (Å²) in [7, 11) is 0. The third-order valence-electron chi connectivity index (χ3n) is 3.05. The van der Waals surface area contributed by atoms with E-state index < -0.39 is 0 Å². The number of rotatable bonds is 2. The molecule has 0 aliphatic carbocycles. The van der Waals surface area contributed by atoms with E-state index in [0.29, 0.717) is 0 Å². The monoisotopic (exact) mass is 256 g/mol. The lowest BCUT2D eigenvalue weighted by molar-refractivity contribution is 1.14. The zero-order valence-electron chi connectivity index (χ0n) is 10.1. The molecular weight excluding hydrogens is 244 g/mol. The highest BCUT2D eigenvalue weighted by molar-refractivity contribution is 6.30. The number of hydrogen-bond acceptors (Lipinski definition) is 1. The number of halogens is 1. The minimum atomic E-state index is 0.724. The van der Waals surface area contributed by atoms with Crippen molar-refractivity contribution in [3.05, 3.63) is 53.1 Å². The normalized spacial score (nSPS) is 11.0. The van der Waals surface area contributed by atoms with Gasteiger partial charge in [0, 0.05) is 10.6 Å². The Bertz CT molecular complexity index is 701. The predicted molar refractivity (Wildman–Crippen MR) is 75.9 cm³/mol. The average molecular weight is 257 g/mol. The number of benzene rings is 2. The fraction of sp³-hybridized carbons (Fsp3) is 0.133. The predicted octanol–water partition coefficient (Wildman–Crippen LogP) is 4.45. The standard InChI is InChI=1S/C15H13ClN2/c1-2-10-6-7-13-14(8-10)18-15(17-13)11-4-3-5-12(16)9-11/h3-9H,2H2,1H3,(H,17,18). The highest BCUT2D eigenvalue weighted by atomic mass is 35.5. The van der Waals surface area contributed by atoms with Crippen molar-refractivity contribution in [3.63, 3.8) is 0 Å². The van der Waals surface area contributed by atoms with Crippen molar-refractivity contribution in [2.24, 2.45) is 0 Å². The first-order chi connectivity index (χ1) is 8.76. The Labute approximate surface area is 111 Å². The molecule has 0 radical (unpaired) electrons. The van der Waals surface area contributed by atoms with Crippen molar-refractivity contribution < 1.29 is 0 Å². The molecule has 1 aromatic heterocycles. The molecule has 0 amide bonds. The van der Waals surface area contributed by atoms with Gasteiger partial charge in [-0.25, -0.2) is 4.98 Å². The molecule has 0 saturated heterocycles. The summed E-state index contributed by atoms with van der Waals surface area (Å²) in [6.45, 7) is 2.15. The summed E-state index contributed by atoms with van der Waals surface area (Å²) in [5.41, 5.74) is 4.38. The summed E-state index contributed by atoms with van der Waals surface area (Å²) in [4.78, 5) is 7.93. The summed E-state index contributed by atoms with van der Waals surface area (Å²) in [5, 5.41) is 0.724. The summed E-state index contributed by atoms with van der Waals surface area (Å²) in [6.07, 6.45) is 1.03. The van der Waals surface area contributed by atoms with Crippen LogP contribution in [-0.4, -0.2) is 9.97 Å². The van der Waals surface area contributed by atoms with Gasteiger partial charge in [0.2, 0.25) is 0 Å². The molecule has 3 heteroatoms. The van der Waals surface area contributed by atoms with E-state index in [-0.39, 0.29) is 0 Å². The highest BCUT2D eigenvalue weighted by Crippen LogP contribution is 2.23. The van der Waals surface area contributed by atoms with Crippen molar-refractivity contribution in [2.45, 2.75) is 13.3 Å². The van der Waals surface area contributed by atoms with Crippen molar-refractivity contribution in [2.75, 3.05) is 0 Å². The zero-order valence-corrected chi connectivity index (χ0v) is 10.8. The van der Waals surface area contributed by atoms with Crippen LogP contribution in [0.5, 0.6) is 0 Å². The maximum absolute atomic E-state index is 6.00. The molecule has 1 heterocycles. The van der Waals surface area contributed by atoms with Crippen LogP contribution in [0.4, 0.5) is 0 Å². The molecule has 2 nitrogen and oxygen atoms in total. The molecule has 0 bridgehead atoms. The van der Waals surface area contributed by atoms with E-state index in [1.54, 1.807) is 0 Å². The molecule has 90 valence electrons. The first-order valence-corrected chi connectivity index (χ1v) is 6.38. The SMILES string of the molecule is CCc1ccc2nc(-c3cccc(Cl)c3)[nH]c2c1. The number of nitrogens with one attached hydrogen (secondary N) is 1. The fourth-order valence-corrected chi connectivity index (χ4v) is 2.24. The van der Waals surface area contributed by atoms with Gasteiger partial charge >= 0.3 is 0 Å². The van der Waals surface area contributed by atoms with Crippen LogP contribution in [0.25, 0.3) is 22.4 Å². The number of hydrogen-bond donors (Lipinski definition) is 1. The van der Waals surface area contributed by atoms with Gasteiger partial charge in [-0.2, -0.15) is 0 Å². The second kappa shape index (κ2) is 4.46. The van der Waals surface area contributed by atoms with Gasteiger partial charge in [-0.05, 0) is 36.2 Å². The van der Waals surface area contributed by atoms with Crippen LogP contribution >= 0.6 is 11.6 Å². The molecule has 0 unspecified atom stereocenters. The van der Waals surface area contributed by atoms with E-state index in [9.17, 15) is 0 Å². The van der Waals surface area contributed by atoms with Crippen LogP contribution < -0.4 is 0 Å². The van der Waals surface area contributed by atoms with Gasteiger partial charge in [0.05, 0.1) is 11.0 Å². The number of fused-ring (bicyclic) bond motifs is 1. The summed E-state index contributed by atoms with van der Waals surface area (Å²) >= 11 is 6.00. The van der Waals surface area contributed by atoms with Gasteiger partial charge < -0.3 is 4.98 Å². The maximum atomic E-state index is 6.00. The molecule has 0 saturated carbocycles. The number of nitrogens with zero attached hydrogens (tertiary/aromatic N) is 1. The zero-order chi connectivity index (χ0) is 12.5. The van der Waals surface area contributed by atoms with Gasteiger partial charge in [0.1, 0.15) is 5.82 Å². The largest absolute Gasteiger partial charge is 0.338 e. The summed E-state index contributed by atoms with van der Waals surface area (Å²) in [6, 6.07) is 14.0. The quantitative estimate of drug-likeness (QED) is 0.721. The molecule has 0 spiro atoms. The van der Waals surface area contributed by atoms with Gasteiger partial charge in [0.15, 0.2) is 0 Å². The number of H-pyrrole nitrogens is 1. The van der Waals surface area contributed by atoms with Crippen molar-refractivity contribution >= 4 is 22.6 Å². The Hall–Kier alpha value is -1.80. The minimum absolute atomic E-state index is 0.724. The van der Waals surface area contributed by atoms with E-state index in [1.165, 1.54) is 5.56 Å². The molecule has 18 heavy (non-hydrogen) atoms. The van der Waals surface area contributed by atoms with E-state index in [4.69, 9.17) is 11.6 Å². The Kier molecular flexibility index (Phi) is 2.80. The Morgan fingerprint density at radius 1 is 1.17 bits per heavy atom. The lowest BCUT2D eigenvalue weighted by Crippen LogP contribution is -1.79. The number of aromatic nitrogens is 2. The van der Waals surface area contributed by atoms with Crippen LogP contribution in [0.3, 0.4) is 0 Å². The van der Waals surface area contributed by atoms with Crippen LogP contribution in [0.2, 0.25) is 5.02 Å². The second-order valence-corrected chi connectivity index (χ2v) is 4.74. The highest BCUT2D eigenvalue weighted by Gasteiger charge is 2.05. The van der Waals surface area contributed by atoms with Gasteiger partial charge in [-0.1, -0.05) is 36.7 Å². The molecule has 0 fully saturated rings. The number of aryl methyl sites for hydroxylation is 1. The van der Waals surface area contributed by atoms with Crippen LogP contribution in [0, 0.1) is 0 Å². The number of aromatic amines is 1.